The van der Waals surface area contributed by atoms with E-state index in [1.807, 2.05) is 0 Å². The maximum atomic E-state index is 13.7. The van der Waals surface area contributed by atoms with E-state index in [-0.39, 0.29) is 10.6 Å². The molecule has 0 saturated heterocycles. The first-order valence-electron chi connectivity index (χ1n) is 6.58. The smallest absolute Gasteiger partial charge is 0.256 e. The number of rotatable bonds is 4. The van der Waals surface area contributed by atoms with Crippen LogP contribution in [0.15, 0.2) is 42.5 Å². The minimum atomic E-state index is -1.06. The van der Waals surface area contributed by atoms with Crippen molar-refractivity contribution in [1.82, 2.24) is 5.32 Å². The molecule has 2 aromatic carbocycles. The average Bonchev–Trinajstić information content (AvgIpc) is 2.47. The van der Waals surface area contributed by atoms with Crippen molar-refractivity contribution in [2.45, 2.75) is 19.1 Å². The summed E-state index contributed by atoms with van der Waals surface area (Å²) in [6.07, 6.45) is -1.06. The van der Waals surface area contributed by atoms with Crippen molar-refractivity contribution >= 4 is 17.5 Å². The third-order valence-corrected chi connectivity index (χ3v) is 3.55. The van der Waals surface area contributed by atoms with Crippen LogP contribution in [0.3, 0.4) is 0 Å². The molecular formula is C16H14ClF2NO2. The van der Waals surface area contributed by atoms with Gasteiger partial charge in [0.1, 0.15) is 11.6 Å². The number of aliphatic hydroxyl groups excluding tert-OH is 1. The highest BCUT2D eigenvalue weighted by Gasteiger charge is 2.22. The van der Waals surface area contributed by atoms with Gasteiger partial charge in [0.05, 0.1) is 22.7 Å². The lowest BCUT2D eigenvalue weighted by Crippen LogP contribution is -2.37. The number of nitrogens with one attached hydrogen (secondary N) is 1. The normalized spacial score (nSPS) is 13.5. The van der Waals surface area contributed by atoms with Gasteiger partial charge in [-0.05, 0) is 36.8 Å². The Balaban J connectivity index is 2.12. The highest BCUT2D eigenvalue weighted by Crippen LogP contribution is 2.21. The highest BCUT2D eigenvalue weighted by molar-refractivity contribution is 6.33. The van der Waals surface area contributed by atoms with Gasteiger partial charge in [-0.25, -0.2) is 8.78 Å². The molecule has 0 saturated carbocycles. The second kappa shape index (κ2) is 6.85. The number of hydrogen-bond donors (Lipinski definition) is 2. The van der Waals surface area contributed by atoms with Crippen LogP contribution in [0.1, 0.15) is 28.9 Å². The zero-order valence-electron chi connectivity index (χ0n) is 11.7. The van der Waals surface area contributed by atoms with Crippen LogP contribution >= 0.6 is 11.6 Å². The van der Waals surface area contributed by atoms with Gasteiger partial charge in [-0.2, -0.15) is 0 Å². The van der Waals surface area contributed by atoms with Crippen LogP contribution in [-0.2, 0) is 0 Å². The third kappa shape index (κ3) is 3.61. The molecule has 0 aliphatic rings. The van der Waals surface area contributed by atoms with Gasteiger partial charge in [-0.15, -0.1) is 0 Å². The first-order chi connectivity index (χ1) is 10.4. The van der Waals surface area contributed by atoms with Crippen LogP contribution in [0.25, 0.3) is 0 Å². The van der Waals surface area contributed by atoms with Crippen LogP contribution < -0.4 is 5.32 Å². The largest absolute Gasteiger partial charge is 0.386 e. The van der Waals surface area contributed by atoms with Crippen molar-refractivity contribution in [2.24, 2.45) is 0 Å². The minimum absolute atomic E-state index is 0.0130. The number of aliphatic hydroxyl groups is 1. The SMILES string of the molecule is C[C@H](NC(=O)c1c(F)cccc1Cl)[C@H](O)c1ccc(F)cc1. The zero-order valence-corrected chi connectivity index (χ0v) is 12.4. The van der Waals surface area contributed by atoms with Gasteiger partial charge in [0.15, 0.2) is 0 Å². The summed E-state index contributed by atoms with van der Waals surface area (Å²) in [6.45, 7) is 1.56. The molecule has 2 rings (SSSR count). The second-order valence-electron chi connectivity index (χ2n) is 4.86. The molecular weight excluding hydrogens is 312 g/mol. The van der Waals surface area contributed by atoms with Crippen molar-refractivity contribution in [2.75, 3.05) is 0 Å². The molecule has 0 unspecified atom stereocenters. The van der Waals surface area contributed by atoms with Gasteiger partial charge < -0.3 is 10.4 Å². The van der Waals surface area contributed by atoms with Gasteiger partial charge >= 0.3 is 0 Å². The van der Waals surface area contributed by atoms with Crippen molar-refractivity contribution in [3.63, 3.8) is 0 Å². The maximum Gasteiger partial charge on any atom is 0.256 e. The van der Waals surface area contributed by atoms with Crippen LogP contribution in [0.5, 0.6) is 0 Å². The van der Waals surface area contributed by atoms with E-state index in [0.717, 1.165) is 6.07 Å². The van der Waals surface area contributed by atoms with Gasteiger partial charge in [0, 0.05) is 0 Å². The summed E-state index contributed by atoms with van der Waals surface area (Å²) in [5, 5.41) is 12.6. The Morgan fingerprint density at radius 3 is 2.41 bits per heavy atom. The molecule has 2 atom stereocenters. The summed E-state index contributed by atoms with van der Waals surface area (Å²) in [4.78, 5) is 12.1. The van der Waals surface area contributed by atoms with Crippen molar-refractivity contribution in [3.05, 3.63) is 70.2 Å². The Labute approximate surface area is 131 Å². The van der Waals surface area contributed by atoms with Crippen LogP contribution in [0, 0.1) is 11.6 Å². The Hall–Kier alpha value is -1.98. The van der Waals surface area contributed by atoms with Gasteiger partial charge in [-0.1, -0.05) is 29.8 Å². The molecule has 3 nitrogen and oxygen atoms in total. The van der Waals surface area contributed by atoms with E-state index in [0.29, 0.717) is 5.56 Å². The molecule has 2 aromatic rings. The predicted octanol–water partition coefficient (Wildman–Crippen LogP) is 3.47. The summed E-state index contributed by atoms with van der Waals surface area (Å²) in [7, 11) is 0. The van der Waals surface area contributed by atoms with E-state index in [2.05, 4.69) is 5.32 Å². The van der Waals surface area contributed by atoms with E-state index in [4.69, 9.17) is 11.6 Å². The summed E-state index contributed by atoms with van der Waals surface area (Å²) < 4.78 is 26.5. The molecule has 0 bridgehead atoms. The Bertz CT molecular complexity index is 656. The lowest BCUT2D eigenvalue weighted by molar-refractivity contribution is 0.0848. The van der Waals surface area contributed by atoms with Crippen LogP contribution in [0.2, 0.25) is 5.02 Å². The average molecular weight is 326 g/mol. The summed E-state index contributed by atoms with van der Waals surface area (Å²) in [5.41, 5.74) is 0.163. The van der Waals surface area contributed by atoms with Gasteiger partial charge in [0.25, 0.3) is 5.91 Å². The summed E-state index contributed by atoms with van der Waals surface area (Å²) in [5.74, 6) is -1.89. The van der Waals surface area contributed by atoms with Crippen molar-refractivity contribution in [3.8, 4) is 0 Å². The maximum absolute atomic E-state index is 13.7. The lowest BCUT2D eigenvalue weighted by atomic mass is 10.0. The number of carbonyl (C=O) groups is 1. The minimum Gasteiger partial charge on any atom is -0.386 e. The van der Waals surface area contributed by atoms with E-state index < -0.39 is 29.7 Å². The van der Waals surface area contributed by atoms with E-state index in [1.54, 1.807) is 6.92 Å². The number of amides is 1. The monoisotopic (exact) mass is 325 g/mol. The van der Waals surface area contributed by atoms with E-state index >= 15 is 0 Å². The standard InChI is InChI=1S/C16H14ClF2NO2/c1-9(15(21)10-5-7-11(18)8-6-10)20-16(22)14-12(17)3-2-4-13(14)19/h2-9,15,21H,1H3,(H,20,22)/t9-,15-/m0/s1. The topological polar surface area (TPSA) is 49.3 Å². The Morgan fingerprint density at radius 2 is 1.82 bits per heavy atom. The molecule has 6 heteroatoms. The van der Waals surface area contributed by atoms with Gasteiger partial charge in [-0.3, -0.25) is 4.79 Å². The predicted molar refractivity (Wildman–Crippen MR) is 79.7 cm³/mol. The molecule has 0 radical (unpaired) electrons. The van der Waals surface area contributed by atoms with Gasteiger partial charge in [0.2, 0.25) is 0 Å². The number of benzene rings is 2. The summed E-state index contributed by atoms with van der Waals surface area (Å²) in [6, 6.07) is 8.46. The number of hydrogen-bond acceptors (Lipinski definition) is 2. The molecule has 0 aliphatic carbocycles. The third-order valence-electron chi connectivity index (χ3n) is 3.23. The van der Waals surface area contributed by atoms with Crippen LogP contribution in [-0.4, -0.2) is 17.1 Å². The highest BCUT2D eigenvalue weighted by atomic mass is 35.5. The molecule has 22 heavy (non-hydrogen) atoms. The second-order valence-corrected chi connectivity index (χ2v) is 5.26. The molecule has 0 spiro atoms. The zero-order chi connectivity index (χ0) is 16.3. The lowest BCUT2D eigenvalue weighted by Gasteiger charge is -2.21. The fourth-order valence-electron chi connectivity index (χ4n) is 2.02. The molecule has 0 heterocycles. The molecule has 0 aromatic heterocycles. The Kier molecular flexibility index (Phi) is 5.11. The van der Waals surface area contributed by atoms with E-state index in [1.165, 1.54) is 36.4 Å². The fraction of sp³-hybridized carbons (Fsp3) is 0.188. The molecule has 0 fully saturated rings. The summed E-state index contributed by atoms with van der Waals surface area (Å²) >= 11 is 5.82. The first-order valence-corrected chi connectivity index (χ1v) is 6.96. The van der Waals surface area contributed by atoms with Crippen molar-refractivity contribution < 1.29 is 18.7 Å². The van der Waals surface area contributed by atoms with Crippen LogP contribution in [0.4, 0.5) is 8.78 Å². The van der Waals surface area contributed by atoms with E-state index in [9.17, 15) is 18.7 Å². The molecule has 2 N–H and O–H groups in total. The molecule has 116 valence electrons. The number of carbonyl (C=O) groups excluding carboxylic acids is 1. The number of halogens is 3. The van der Waals surface area contributed by atoms with Crippen molar-refractivity contribution in [1.29, 1.82) is 0 Å². The molecule has 1 amide bonds. The Morgan fingerprint density at radius 1 is 1.18 bits per heavy atom. The fourth-order valence-corrected chi connectivity index (χ4v) is 2.27. The first kappa shape index (κ1) is 16.4. The molecule has 0 aliphatic heterocycles. The quantitative estimate of drug-likeness (QED) is 0.904.